The van der Waals surface area contributed by atoms with Gasteiger partial charge in [-0.1, -0.05) is 6.07 Å². The summed E-state index contributed by atoms with van der Waals surface area (Å²) in [6.07, 6.45) is 1.40. The topological polar surface area (TPSA) is 70.6 Å². The van der Waals surface area contributed by atoms with E-state index in [2.05, 4.69) is 10.6 Å². The van der Waals surface area contributed by atoms with Crippen molar-refractivity contribution in [3.05, 3.63) is 35.1 Å². The van der Waals surface area contributed by atoms with Gasteiger partial charge in [0.15, 0.2) is 0 Å². The van der Waals surface area contributed by atoms with Gasteiger partial charge in [-0.2, -0.15) is 0 Å². The second-order valence-corrected chi connectivity index (χ2v) is 5.68. The maximum Gasteiger partial charge on any atom is 0.405 e. The molecule has 3 N–H and O–H groups in total. The maximum absolute atomic E-state index is 13.7. The van der Waals surface area contributed by atoms with E-state index in [4.69, 9.17) is 9.84 Å². The first-order valence-electron chi connectivity index (χ1n) is 7.23. The van der Waals surface area contributed by atoms with Gasteiger partial charge >= 0.3 is 6.09 Å². The molecule has 5 nitrogen and oxygen atoms in total. The number of rotatable bonds is 3. The largest absolute Gasteiger partial charge is 0.465 e. The van der Waals surface area contributed by atoms with Crippen LogP contribution in [0.5, 0.6) is 0 Å². The number of carbonyl (C=O) groups is 1. The van der Waals surface area contributed by atoms with E-state index < -0.39 is 11.6 Å². The molecule has 114 valence electrons. The Kier molecular flexibility index (Phi) is 3.82. The molecular formula is C15H19FN2O3. The minimum absolute atomic E-state index is 0.0995. The monoisotopic (exact) mass is 294 g/mol. The molecule has 6 heteroatoms. The van der Waals surface area contributed by atoms with E-state index in [1.54, 1.807) is 6.07 Å². The van der Waals surface area contributed by atoms with Crippen LogP contribution in [0.15, 0.2) is 18.2 Å². The molecule has 1 amide bonds. The van der Waals surface area contributed by atoms with Crippen LogP contribution in [0.4, 0.5) is 9.18 Å². The Hall–Kier alpha value is -1.66. The molecule has 1 atom stereocenters. The summed E-state index contributed by atoms with van der Waals surface area (Å²) >= 11 is 0. The van der Waals surface area contributed by atoms with Crippen molar-refractivity contribution in [2.45, 2.75) is 30.8 Å². The first-order valence-corrected chi connectivity index (χ1v) is 7.23. The zero-order valence-corrected chi connectivity index (χ0v) is 11.7. The van der Waals surface area contributed by atoms with Crippen molar-refractivity contribution in [3.63, 3.8) is 0 Å². The van der Waals surface area contributed by atoms with Crippen LogP contribution in [0.1, 0.15) is 36.4 Å². The molecule has 1 saturated carbocycles. The van der Waals surface area contributed by atoms with Gasteiger partial charge in [0.05, 0.1) is 24.8 Å². The number of morpholine rings is 1. The van der Waals surface area contributed by atoms with Gasteiger partial charge in [-0.05, 0) is 42.5 Å². The second-order valence-electron chi connectivity index (χ2n) is 5.68. The molecule has 1 aromatic carbocycles. The van der Waals surface area contributed by atoms with Gasteiger partial charge in [0.2, 0.25) is 0 Å². The lowest BCUT2D eigenvalue weighted by Crippen LogP contribution is -2.51. The van der Waals surface area contributed by atoms with Crippen LogP contribution in [-0.4, -0.2) is 31.0 Å². The average molecular weight is 294 g/mol. The molecule has 2 aliphatic rings. The van der Waals surface area contributed by atoms with Gasteiger partial charge in [-0.15, -0.1) is 0 Å². The fourth-order valence-corrected chi connectivity index (χ4v) is 3.22. The van der Waals surface area contributed by atoms with E-state index >= 15 is 0 Å². The summed E-state index contributed by atoms with van der Waals surface area (Å²) in [5.41, 5.74) is 1.07. The van der Waals surface area contributed by atoms with Gasteiger partial charge in [0.1, 0.15) is 5.82 Å². The van der Waals surface area contributed by atoms with Gasteiger partial charge in [-0.25, -0.2) is 9.18 Å². The number of hydrogen-bond donors (Lipinski definition) is 3. The van der Waals surface area contributed by atoms with E-state index in [9.17, 15) is 9.18 Å². The molecule has 3 rings (SSSR count). The predicted octanol–water partition coefficient (Wildman–Crippen LogP) is 2.13. The highest BCUT2D eigenvalue weighted by Crippen LogP contribution is 2.44. The highest BCUT2D eigenvalue weighted by molar-refractivity contribution is 5.66. The molecule has 21 heavy (non-hydrogen) atoms. The van der Waals surface area contributed by atoms with Crippen LogP contribution in [-0.2, 0) is 10.3 Å². The van der Waals surface area contributed by atoms with Gasteiger partial charge in [0, 0.05) is 6.54 Å². The molecule has 0 aromatic heterocycles. The number of hydrogen-bond acceptors (Lipinski definition) is 3. The lowest BCUT2D eigenvalue weighted by atomic mass is 9.69. The van der Waals surface area contributed by atoms with Crippen LogP contribution in [0.3, 0.4) is 0 Å². The van der Waals surface area contributed by atoms with Crippen LogP contribution in [0.25, 0.3) is 0 Å². The standard InChI is InChI=1S/C15H19FN2O3/c16-10-2-3-12(15(4-1-5-15)18-14(19)20)11(8-10)13-9-21-7-6-17-13/h2-3,8,13,17-18H,1,4-7,9H2,(H,19,20). The predicted molar refractivity (Wildman–Crippen MR) is 74.7 cm³/mol. The highest BCUT2D eigenvalue weighted by Gasteiger charge is 2.42. The van der Waals surface area contributed by atoms with Crippen LogP contribution < -0.4 is 10.6 Å². The molecule has 0 bridgehead atoms. The molecule has 1 saturated heterocycles. The molecule has 1 aliphatic carbocycles. The zero-order valence-electron chi connectivity index (χ0n) is 11.7. The van der Waals surface area contributed by atoms with Crippen molar-refractivity contribution in [2.75, 3.05) is 19.8 Å². The Balaban J connectivity index is 1.98. The third-order valence-electron chi connectivity index (χ3n) is 4.38. The first kappa shape index (κ1) is 14.3. The molecule has 1 unspecified atom stereocenters. The zero-order chi connectivity index (χ0) is 14.9. The molecule has 1 heterocycles. The minimum Gasteiger partial charge on any atom is -0.465 e. The van der Waals surface area contributed by atoms with Crippen molar-refractivity contribution in [1.82, 2.24) is 10.6 Å². The average Bonchev–Trinajstić information content (AvgIpc) is 2.44. The highest BCUT2D eigenvalue weighted by atomic mass is 19.1. The number of halogens is 1. The van der Waals surface area contributed by atoms with Gasteiger partial charge in [0.25, 0.3) is 0 Å². The van der Waals surface area contributed by atoms with Crippen LogP contribution in [0, 0.1) is 5.82 Å². The summed E-state index contributed by atoms with van der Waals surface area (Å²) in [5, 5.41) is 15.0. The lowest BCUT2D eigenvalue weighted by molar-refractivity contribution is 0.0749. The Bertz CT molecular complexity index is 540. The van der Waals surface area contributed by atoms with E-state index in [0.717, 1.165) is 30.4 Å². The van der Waals surface area contributed by atoms with Gasteiger partial charge < -0.3 is 20.5 Å². The molecule has 1 aliphatic heterocycles. The van der Waals surface area contributed by atoms with Crippen LogP contribution >= 0.6 is 0 Å². The fraction of sp³-hybridized carbons (Fsp3) is 0.533. The van der Waals surface area contributed by atoms with Crippen molar-refractivity contribution in [3.8, 4) is 0 Å². The second kappa shape index (κ2) is 5.61. The lowest BCUT2D eigenvalue weighted by Gasteiger charge is -2.44. The van der Waals surface area contributed by atoms with Crippen molar-refractivity contribution in [1.29, 1.82) is 0 Å². The number of ether oxygens (including phenoxy) is 1. The Morgan fingerprint density at radius 2 is 2.29 bits per heavy atom. The minimum atomic E-state index is -1.04. The third kappa shape index (κ3) is 2.73. The number of amides is 1. The van der Waals surface area contributed by atoms with Crippen molar-refractivity contribution < 1.29 is 19.0 Å². The Morgan fingerprint density at radius 1 is 1.48 bits per heavy atom. The third-order valence-corrected chi connectivity index (χ3v) is 4.38. The normalized spacial score (nSPS) is 24.1. The van der Waals surface area contributed by atoms with Crippen LogP contribution in [0.2, 0.25) is 0 Å². The summed E-state index contributed by atoms with van der Waals surface area (Å²) in [6.45, 7) is 1.82. The SMILES string of the molecule is O=C(O)NC1(c2ccc(F)cc2C2COCCN2)CCC1. The summed E-state index contributed by atoms with van der Waals surface area (Å²) in [5.74, 6) is -0.314. The van der Waals surface area contributed by atoms with Crippen molar-refractivity contribution >= 4 is 6.09 Å². The Labute approximate surface area is 122 Å². The number of carboxylic acid groups (broad SMARTS) is 1. The van der Waals surface area contributed by atoms with Gasteiger partial charge in [-0.3, -0.25) is 0 Å². The smallest absolute Gasteiger partial charge is 0.405 e. The molecular weight excluding hydrogens is 275 g/mol. The molecule has 1 aromatic rings. The van der Waals surface area contributed by atoms with E-state index in [0.29, 0.717) is 19.8 Å². The number of benzene rings is 1. The Morgan fingerprint density at radius 3 is 2.86 bits per heavy atom. The summed E-state index contributed by atoms with van der Waals surface area (Å²) in [6, 6.07) is 4.49. The quantitative estimate of drug-likeness (QED) is 0.798. The summed E-state index contributed by atoms with van der Waals surface area (Å²) < 4.78 is 19.1. The van der Waals surface area contributed by atoms with Crippen molar-refractivity contribution in [2.24, 2.45) is 0 Å². The number of nitrogens with one attached hydrogen (secondary N) is 2. The molecule has 2 fully saturated rings. The summed E-state index contributed by atoms with van der Waals surface area (Å²) in [7, 11) is 0. The van der Waals surface area contributed by atoms with E-state index in [1.165, 1.54) is 12.1 Å². The molecule has 0 spiro atoms. The fourth-order valence-electron chi connectivity index (χ4n) is 3.22. The summed E-state index contributed by atoms with van der Waals surface area (Å²) in [4.78, 5) is 11.1. The van der Waals surface area contributed by atoms with E-state index in [1.807, 2.05) is 0 Å². The molecule has 0 radical (unpaired) electrons. The van der Waals surface area contributed by atoms with E-state index in [-0.39, 0.29) is 11.9 Å². The first-order chi connectivity index (χ1) is 10.1. The maximum atomic E-state index is 13.7.